The van der Waals surface area contributed by atoms with Crippen molar-refractivity contribution in [1.82, 2.24) is 18.3 Å². The fourth-order valence-corrected chi connectivity index (χ4v) is 14.5. The molecule has 0 amide bonds. The smallest absolute Gasteiger partial charge is 0.0544 e. The van der Waals surface area contributed by atoms with Gasteiger partial charge >= 0.3 is 0 Å². The molecule has 4 heteroatoms. The second-order valence-corrected chi connectivity index (χ2v) is 33.4. The summed E-state index contributed by atoms with van der Waals surface area (Å²) in [6.45, 7) is 46.5. The molecule has 4 aromatic heterocycles. The molecule has 0 saturated heterocycles. The predicted octanol–water partition coefficient (Wildman–Crippen LogP) is 24.2. The summed E-state index contributed by atoms with van der Waals surface area (Å²) in [5.74, 6) is 0. The summed E-state index contributed by atoms with van der Waals surface area (Å²) in [5, 5.41) is 10.1. The van der Waals surface area contributed by atoms with Crippen LogP contribution in [-0.2, 0) is 37.9 Å². The molecule has 0 aliphatic heterocycles. The first kappa shape index (κ1) is 60.0. The number of hydrogen-bond acceptors (Lipinski definition) is 0. The molecule has 4 heterocycles. The van der Waals surface area contributed by atoms with Gasteiger partial charge in [0.05, 0.1) is 44.1 Å². The molecule has 14 rings (SSSR count). The van der Waals surface area contributed by atoms with Gasteiger partial charge in [-0.1, -0.05) is 236 Å². The van der Waals surface area contributed by atoms with E-state index in [-0.39, 0.29) is 37.9 Å². The van der Waals surface area contributed by atoms with Crippen LogP contribution >= 0.6 is 0 Å². The normalized spacial score (nSPS) is 13.5. The molecule has 0 spiro atoms. The van der Waals surface area contributed by atoms with Crippen molar-refractivity contribution in [1.29, 1.82) is 0 Å². The standard InChI is InChI=1S/C87H92N4/c1-81(2,3)55-25-37-65-66-38-26-56(82(4,5)6)46-76(66)90(75(65)45-55)63-35-43-73-71(51-63)69-41-29-59(85(13,14)15)49-79(69)88(73)61-31-21-53(22-32-61)87(19,20)54-23-33-62(34-24-54)89-74-44-36-64(52-72(74)70-42-30-60(50-80(70)89)86(16,17)18)91-77-47-57(83(7,8)9)27-39-67(77)68-40-28-58(48-78(68)91)84(10,11)12/h21-52H,1-20H3. The van der Waals surface area contributed by atoms with Crippen molar-refractivity contribution in [2.75, 3.05) is 0 Å². The Labute approximate surface area is 540 Å². The largest absolute Gasteiger partial charge is 0.309 e. The molecule has 14 aromatic rings. The molecule has 91 heavy (non-hydrogen) atoms. The quantitative estimate of drug-likeness (QED) is 0.158. The number of benzene rings is 10. The van der Waals surface area contributed by atoms with Crippen molar-refractivity contribution >= 4 is 87.2 Å². The van der Waals surface area contributed by atoms with Crippen LogP contribution in [0.4, 0.5) is 0 Å². The first-order valence-corrected chi connectivity index (χ1v) is 33.2. The van der Waals surface area contributed by atoms with Crippen LogP contribution in [0.3, 0.4) is 0 Å². The Bertz CT molecular complexity index is 4790. The third kappa shape index (κ3) is 9.92. The predicted molar refractivity (Wildman–Crippen MR) is 395 cm³/mol. The third-order valence-corrected chi connectivity index (χ3v) is 20.4. The number of fused-ring (bicyclic) bond motifs is 12. The van der Waals surface area contributed by atoms with Gasteiger partial charge in [-0.3, -0.25) is 0 Å². The van der Waals surface area contributed by atoms with Crippen LogP contribution in [0.1, 0.15) is 183 Å². The minimum atomic E-state index is -0.286. The van der Waals surface area contributed by atoms with E-state index in [1.807, 2.05) is 0 Å². The monoisotopic (exact) mass is 1190 g/mol. The van der Waals surface area contributed by atoms with Crippen LogP contribution in [0, 0.1) is 0 Å². The van der Waals surface area contributed by atoms with Gasteiger partial charge in [-0.05, 0) is 174 Å². The van der Waals surface area contributed by atoms with Crippen LogP contribution in [0.5, 0.6) is 0 Å². The Hall–Kier alpha value is -8.60. The van der Waals surface area contributed by atoms with Gasteiger partial charge in [-0.15, -0.1) is 0 Å². The molecule has 0 aliphatic rings. The molecule has 0 bridgehead atoms. The van der Waals surface area contributed by atoms with Gasteiger partial charge in [0.2, 0.25) is 0 Å². The molecule has 0 atom stereocenters. The van der Waals surface area contributed by atoms with Gasteiger partial charge in [0.1, 0.15) is 0 Å². The number of nitrogens with zero attached hydrogens (tertiary/aromatic N) is 4. The summed E-state index contributed by atoms with van der Waals surface area (Å²) in [5.41, 5.74) is 24.7. The van der Waals surface area contributed by atoms with E-state index in [0.29, 0.717) is 0 Å². The fourth-order valence-electron chi connectivity index (χ4n) is 14.5. The van der Waals surface area contributed by atoms with E-state index in [9.17, 15) is 0 Å². The summed E-state index contributed by atoms with van der Waals surface area (Å²) in [6.07, 6.45) is 0. The van der Waals surface area contributed by atoms with E-state index in [4.69, 9.17) is 0 Å². The highest BCUT2D eigenvalue weighted by Gasteiger charge is 2.29. The summed E-state index contributed by atoms with van der Waals surface area (Å²) in [7, 11) is 0. The lowest BCUT2D eigenvalue weighted by Gasteiger charge is -2.27. The molecule has 0 N–H and O–H groups in total. The van der Waals surface area contributed by atoms with Crippen molar-refractivity contribution in [3.63, 3.8) is 0 Å². The Morgan fingerprint density at radius 1 is 0.165 bits per heavy atom. The lowest BCUT2D eigenvalue weighted by Crippen LogP contribution is -2.19. The third-order valence-electron chi connectivity index (χ3n) is 20.4. The maximum absolute atomic E-state index is 2.53. The highest BCUT2D eigenvalue weighted by atomic mass is 15.0. The average molecular weight is 1190 g/mol. The van der Waals surface area contributed by atoms with E-state index in [0.717, 1.165) is 11.4 Å². The molecule has 10 aromatic carbocycles. The molecule has 4 nitrogen and oxygen atoms in total. The molecule has 0 aliphatic carbocycles. The van der Waals surface area contributed by atoms with Crippen molar-refractivity contribution in [2.45, 2.75) is 176 Å². The summed E-state index contributed by atoms with van der Waals surface area (Å²) < 4.78 is 10.1. The Balaban J connectivity index is 0.861. The first-order valence-electron chi connectivity index (χ1n) is 33.2. The molecule has 0 fully saturated rings. The van der Waals surface area contributed by atoms with Gasteiger partial charge in [-0.25, -0.2) is 0 Å². The van der Waals surface area contributed by atoms with Crippen molar-refractivity contribution < 1.29 is 0 Å². The minimum Gasteiger partial charge on any atom is -0.309 e. The minimum absolute atomic E-state index is 0.00799. The lowest BCUT2D eigenvalue weighted by molar-refractivity contribution is 0.590. The second kappa shape index (κ2) is 20.2. The van der Waals surface area contributed by atoms with E-state index in [1.165, 1.54) is 143 Å². The summed E-state index contributed by atoms with van der Waals surface area (Å²) in [6, 6.07) is 76.0. The van der Waals surface area contributed by atoms with Crippen molar-refractivity contribution in [3.05, 3.63) is 239 Å². The van der Waals surface area contributed by atoms with Gasteiger partial charge in [0.25, 0.3) is 0 Å². The topological polar surface area (TPSA) is 19.7 Å². The van der Waals surface area contributed by atoms with E-state index >= 15 is 0 Å². The van der Waals surface area contributed by atoms with Crippen LogP contribution in [0.25, 0.3) is 110 Å². The molecule has 0 unspecified atom stereocenters. The molecular formula is C87H92N4. The van der Waals surface area contributed by atoms with Gasteiger partial charge in [0, 0.05) is 71.3 Å². The molecule has 460 valence electrons. The van der Waals surface area contributed by atoms with Gasteiger partial charge in [0.15, 0.2) is 0 Å². The highest BCUT2D eigenvalue weighted by Crippen LogP contribution is 2.45. The highest BCUT2D eigenvalue weighted by molar-refractivity contribution is 6.14. The fraction of sp³-hybridized carbons (Fsp3) is 0.310. The Morgan fingerprint density at radius 2 is 0.352 bits per heavy atom. The number of hydrogen-bond donors (Lipinski definition) is 0. The van der Waals surface area contributed by atoms with E-state index in [1.54, 1.807) is 0 Å². The molecular weight excluding hydrogens is 1100 g/mol. The maximum Gasteiger partial charge on any atom is 0.0544 e. The Morgan fingerprint density at radius 3 is 0.571 bits per heavy atom. The lowest BCUT2D eigenvalue weighted by atomic mass is 9.78. The summed E-state index contributed by atoms with van der Waals surface area (Å²) in [4.78, 5) is 0. The van der Waals surface area contributed by atoms with E-state index in [2.05, 4.69) is 351 Å². The van der Waals surface area contributed by atoms with Gasteiger partial charge in [-0.2, -0.15) is 0 Å². The number of aromatic nitrogens is 4. The molecule has 0 radical (unpaired) electrons. The second-order valence-electron chi connectivity index (χ2n) is 33.4. The van der Waals surface area contributed by atoms with Crippen LogP contribution in [-0.4, -0.2) is 18.3 Å². The van der Waals surface area contributed by atoms with Crippen LogP contribution < -0.4 is 0 Å². The van der Waals surface area contributed by atoms with Gasteiger partial charge < -0.3 is 18.3 Å². The first-order chi connectivity index (χ1) is 42.6. The number of rotatable bonds is 6. The van der Waals surface area contributed by atoms with Crippen LogP contribution in [0.15, 0.2) is 194 Å². The average Bonchev–Trinajstić information content (AvgIpc) is 1.59. The SMILES string of the molecule is CC(C)(C)c1ccc2c3cc(-n4c5cc(C(C)(C)C)ccc5c5ccc(C(C)(C)C)cc54)ccc3n(-c3ccc(C(C)(C)c4ccc(-n5c6ccc(-n7c8cc(C(C)(C)C)ccc8c8ccc(C(C)(C)C)cc87)cc6c6ccc(C(C)(C)C)cc65)cc4)cc3)c2c1. The zero-order chi connectivity index (χ0) is 64.6. The zero-order valence-electron chi connectivity index (χ0n) is 57.8. The van der Waals surface area contributed by atoms with E-state index < -0.39 is 0 Å². The maximum atomic E-state index is 2.53. The van der Waals surface area contributed by atoms with Crippen molar-refractivity contribution in [3.8, 4) is 22.7 Å². The summed E-state index contributed by atoms with van der Waals surface area (Å²) >= 11 is 0. The Kier molecular flexibility index (Phi) is 13.3. The zero-order valence-corrected chi connectivity index (χ0v) is 57.8. The molecule has 0 saturated carbocycles. The van der Waals surface area contributed by atoms with Crippen LogP contribution in [0.2, 0.25) is 0 Å². The van der Waals surface area contributed by atoms with Crippen molar-refractivity contribution in [2.24, 2.45) is 0 Å².